The number of sulfonamides is 1. The summed E-state index contributed by atoms with van der Waals surface area (Å²) in [6.45, 7) is 0.391. The molecule has 2 aliphatic carbocycles. The number of benzene rings is 1. The van der Waals surface area contributed by atoms with Gasteiger partial charge in [-0.1, -0.05) is 12.1 Å². The summed E-state index contributed by atoms with van der Waals surface area (Å²) >= 11 is 0. The van der Waals surface area contributed by atoms with E-state index in [2.05, 4.69) is 5.32 Å². The number of halogens is 1. The number of amides is 1. The lowest BCUT2D eigenvalue weighted by molar-refractivity contribution is -0.127. The van der Waals surface area contributed by atoms with Gasteiger partial charge in [0.05, 0.1) is 10.8 Å². The molecule has 0 aromatic heterocycles. The molecule has 140 valence electrons. The number of carbonyl (C=O) groups is 1. The minimum absolute atomic E-state index is 0. The number of rotatable bonds is 5. The molecule has 4 unspecified atom stereocenters. The minimum Gasteiger partial charge on any atom is -0.352 e. The molecule has 25 heavy (non-hydrogen) atoms. The number of nitrogens with one attached hydrogen (secondary N) is 1. The molecule has 2 fully saturated rings. The Morgan fingerprint density at radius 2 is 1.80 bits per heavy atom. The molecule has 0 aliphatic heterocycles. The zero-order valence-corrected chi connectivity index (χ0v) is 16.1. The van der Waals surface area contributed by atoms with E-state index in [1.54, 1.807) is 24.3 Å². The van der Waals surface area contributed by atoms with Crippen LogP contribution in [0.4, 0.5) is 0 Å². The summed E-state index contributed by atoms with van der Waals surface area (Å²) < 4.78 is 25.3. The second-order valence-corrected chi connectivity index (χ2v) is 9.24. The van der Waals surface area contributed by atoms with Crippen molar-refractivity contribution in [3.05, 3.63) is 29.8 Å². The number of fused-ring (bicyclic) bond motifs is 2. The first-order valence-corrected chi connectivity index (χ1v) is 9.79. The molecule has 2 bridgehead atoms. The van der Waals surface area contributed by atoms with Crippen molar-refractivity contribution in [2.75, 3.05) is 14.1 Å². The van der Waals surface area contributed by atoms with Crippen molar-refractivity contribution in [3.8, 4) is 0 Å². The third kappa shape index (κ3) is 3.84. The first kappa shape index (κ1) is 20.2. The first-order chi connectivity index (χ1) is 11.3. The fourth-order valence-corrected chi connectivity index (χ4v) is 4.92. The van der Waals surface area contributed by atoms with E-state index in [9.17, 15) is 13.2 Å². The van der Waals surface area contributed by atoms with Gasteiger partial charge in [0, 0.05) is 26.7 Å². The highest BCUT2D eigenvalue weighted by molar-refractivity contribution is 7.89. The molecule has 0 saturated heterocycles. The molecule has 6 nitrogen and oxygen atoms in total. The van der Waals surface area contributed by atoms with Crippen LogP contribution < -0.4 is 11.1 Å². The third-order valence-electron chi connectivity index (χ3n) is 5.45. The molecule has 3 rings (SSSR count). The average Bonchev–Trinajstić information content (AvgIpc) is 3.14. The predicted molar refractivity (Wildman–Crippen MR) is 98.7 cm³/mol. The standard InChI is InChI=1S/C17H25N3O3S.ClH/c1-20(2)24(22,23)14-7-3-11(4-8-14)10-19-17(21)15-12-5-6-13(9-12)16(15)18;/h3-4,7-8,12-13,15-16H,5-6,9-10,18H2,1-2H3,(H,19,21);1H. The van der Waals surface area contributed by atoms with Crippen molar-refractivity contribution < 1.29 is 13.2 Å². The van der Waals surface area contributed by atoms with Gasteiger partial charge in [0.2, 0.25) is 15.9 Å². The summed E-state index contributed by atoms with van der Waals surface area (Å²) in [5.74, 6) is 0.885. The van der Waals surface area contributed by atoms with Crippen LogP contribution in [0.1, 0.15) is 24.8 Å². The smallest absolute Gasteiger partial charge is 0.242 e. The van der Waals surface area contributed by atoms with E-state index in [1.165, 1.54) is 18.4 Å². The van der Waals surface area contributed by atoms with Gasteiger partial charge in [-0.15, -0.1) is 12.4 Å². The number of carbonyl (C=O) groups excluding carboxylic acids is 1. The molecule has 8 heteroatoms. The summed E-state index contributed by atoms with van der Waals surface area (Å²) in [6, 6.07) is 6.59. The van der Waals surface area contributed by atoms with Crippen molar-refractivity contribution in [1.29, 1.82) is 0 Å². The fourth-order valence-electron chi connectivity index (χ4n) is 4.02. The molecule has 0 heterocycles. The van der Waals surface area contributed by atoms with E-state index >= 15 is 0 Å². The molecule has 1 aromatic carbocycles. The molecular formula is C17H26ClN3O3S. The van der Waals surface area contributed by atoms with E-state index < -0.39 is 10.0 Å². The highest BCUT2D eigenvalue weighted by Crippen LogP contribution is 2.47. The second kappa shape index (κ2) is 7.61. The Bertz CT molecular complexity index is 719. The molecule has 2 aliphatic rings. The molecule has 0 radical (unpaired) electrons. The van der Waals surface area contributed by atoms with E-state index in [-0.39, 0.29) is 35.2 Å². The zero-order chi connectivity index (χ0) is 17.5. The van der Waals surface area contributed by atoms with Crippen LogP contribution in [0.5, 0.6) is 0 Å². The van der Waals surface area contributed by atoms with Crippen LogP contribution in [0.15, 0.2) is 29.2 Å². The zero-order valence-electron chi connectivity index (χ0n) is 14.5. The molecule has 4 atom stereocenters. The number of nitrogens with zero attached hydrogens (tertiary/aromatic N) is 1. The minimum atomic E-state index is -3.42. The monoisotopic (exact) mass is 387 g/mol. The second-order valence-electron chi connectivity index (χ2n) is 7.09. The average molecular weight is 388 g/mol. The summed E-state index contributed by atoms with van der Waals surface area (Å²) in [4.78, 5) is 12.7. The topological polar surface area (TPSA) is 92.5 Å². The highest BCUT2D eigenvalue weighted by Gasteiger charge is 2.48. The van der Waals surface area contributed by atoms with Gasteiger partial charge >= 0.3 is 0 Å². The Hall–Kier alpha value is -1.15. The Labute approximate surface area is 155 Å². The van der Waals surface area contributed by atoms with Crippen LogP contribution in [0.3, 0.4) is 0 Å². The maximum absolute atomic E-state index is 12.4. The van der Waals surface area contributed by atoms with Gasteiger partial charge in [0.1, 0.15) is 0 Å². The highest BCUT2D eigenvalue weighted by atomic mass is 35.5. The molecule has 2 saturated carbocycles. The van der Waals surface area contributed by atoms with Gasteiger partial charge < -0.3 is 11.1 Å². The summed E-state index contributed by atoms with van der Waals surface area (Å²) in [6.07, 6.45) is 3.33. The van der Waals surface area contributed by atoms with E-state index in [4.69, 9.17) is 5.73 Å². The Balaban J connectivity index is 0.00000225. The lowest BCUT2D eigenvalue weighted by Crippen LogP contribution is -2.45. The van der Waals surface area contributed by atoms with Crippen molar-refractivity contribution >= 4 is 28.3 Å². The van der Waals surface area contributed by atoms with Crippen molar-refractivity contribution in [1.82, 2.24) is 9.62 Å². The maximum atomic E-state index is 12.4. The lowest BCUT2D eigenvalue weighted by Gasteiger charge is -2.27. The largest absolute Gasteiger partial charge is 0.352 e. The Kier molecular flexibility index (Phi) is 6.14. The Morgan fingerprint density at radius 1 is 1.20 bits per heavy atom. The molecule has 3 N–H and O–H groups in total. The van der Waals surface area contributed by atoms with E-state index in [0.29, 0.717) is 18.4 Å². The molecular weight excluding hydrogens is 362 g/mol. The van der Waals surface area contributed by atoms with Crippen LogP contribution in [0.2, 0.25) is 0 Å². The van der Waals surface area contributed by atoms with Gasteiger partial charge in [0.15, 0.2) is 0 Å². The van der Waals surface area contributed by atoms with E-state index in [0.717, 1.165) is 24.8 Å². The fraction of sp³-hybridized carbons (Fsp3) is 0.588. The summed E-state index contributed by atoms with van der Waals surface area (Å²) in [5, 5.41) is 2.96. The van der Waals surface area contributed by atoms with Gasteiger partial charge in [-0.2, -0.15) is 0 Å². The third-order valence-corrected chi connectivity index (χ3v) is 7.28. The van der Waals surface area contributed by atoms with Crippen molar-refractivity contribution in [3.63, 3.8) is 0 Å². The number of hydrogen-bond acceptors (Lipinski definition) is 4. The van der Waals surface area contributed by atoms with Crippen LogP contribution in [-0.2, 0) is 21.4 Å². The quantitative estimate of drug-likeness (QED) is 0.797. The predicted octanol–water partition coefficient (Wildman–Crippen LogP) is 1.35. The summed E-state index contributed by atoms with van der Waals surface area (Å²) in [5.41, 5.74) is 7.07. The molecule has 0 spiro atoms. The normalized spacial score (nSPS) is 28.0. The van der Waals surface area contributed by atoms with Gasteiger partial charge in [0.25, 0.3) is 0 Å². The molecule has 1 amide bonds. The molecule has 1 aromatic rings. The first-order valence-electron chi connectivity index (χ1n) is 8.35. The number of nitrogens with two attached hydrogens (primary N) is 1. The van der Waals surface area contributed by atoms with Crippen molar-refractivity contribution in [2.45, 2.75) is 36.7 Å². The van der Waals surface area contributed by atoms with Crippen molar-refractivity contribution in [2.24, 2.45) is 23.5 Å². The van der Waals surface area contributed by atoms with Crippen LogP contribution in [0.25, 0.3) is 0 Å². The van der Waals surface area contributed by atoms with Crippen LogP contribution in [-0.4, -0.2) is 38.8 Å². The van der Waals surface area contributed by atoms with Gasteiger partial charge in [-0.05, 0) is 48.8 Å². The van der Waals surface area contributed by atoms with E-state index in [1.807, 2.05) is 0 Å². The maximum Gasteiger partial charge on any atom is 0.242 e. The summed E-state index contributed by atoms with van der Waals surface area (Å²) in [7, 11) is -0.418. The Morgan fingerprint density at radius 3 is 2.32 bits per heavy atom. The SMILES string of the molecule is CN(C)S(=O)(=O)c1ccc(CNC(=O)C2C3CCC(C3)C2N)cc1.Cl. The lowest BCUT2D eigenvalue weighted by atomic mass is 9.84. The van der Waals surface area contributed by atoms with Gasteiger partial charge in [-0.25, -0.2) is 12.7 Å². The van der Waals surface area contributed by atoms with Crippen LogP contribution in [0, 0.1) is 17.8 Å². The van der Waals surface area contributed by atoms with Crippen LogP contribution >= 0.6 is 12.4 Å². The number of hydrogen-bond donors (Lipinski definition) is 2. The van der Waals surface area contributed by atoms with Gasteiger partial charge in [-0.3, -0.25) is 4.79 Å².